The molecule has 0 N–H and O–H groups in total. The third-order valence-electron chi connectivity index (χ3n) is 8.12. The second kappa shape index (κ2) is 4.43. The predicted octanol–water partition coefficient (Wildman–Crippen LogP) is 4.17. The van der Waals surface area contributed by atoms with Crippen molar-refractivity contribution in [1.82, 2.24) is 0 Å². The summed E-state index contributed by atoms with van der Waals surface area (Å²) in [6, 6.07) is 0. The number of carbonyl (C=O) groups is 2. The van der Waals surface area contributed by atoms with Gasteiger partial charge in [0.25, 0.3) is 0 Å². The van der Waals surface area contributed by atoms with Crippen LogP contribution in [0.2, 0.25) is 0 Å². The van der Waals surface area contributed by atoms with E-state index in [-0.39, 0.29) is 10.8 Å². The minimum Gasteiger partial charge on any atom is -0.300 e. The highest BCUT2D eigenvalue weighted by atomic mass is 16.1. The molecule has 0 amide bonds. The first-order chi connectivity index (χ1) is 9.95. The number of Topliss-reactive ketones (excluding diaryl/α,β-unsaturated/α-hetero) is 2. The lowest BCUT2D eigenvalue weighted by Gasteiger charge is -2.59. The van der Waals surface area contributed by atoms with Crippen LogP contribution in [0.1, 0.15) is 71.6 Å². The Hall–Kier alpha value is -0.660. The molecule has 0 spiro atoms. The molecule has 0 radical (unpaired) electrons. The fraction of sp³-hybridized carbons (Fsp3) is 0.895. The monoisotopic (exact) mass is 288 g/mol. The van der Waals surface area contributed by atoms with E-state index in [9.17, 15) is 9.59 Å². The second-order valence-electron chi connectivity index (χ2n) is 8.83. The van der Waals surface area contributed by atoms with E-state index in [1.54, 1.807) is 0 Å². The molecule has 2 nitrogen and oxygen atoms in total. The Morgan fingerprint density at radius 1 is 0.905 bits per heavy atom. The van der Waals surface area contributed by atoms with Gasteiger partial charge in [-0.05, 0) is 67.6 Å². The standard InChI is InChI=1S/C19H28O2/c1-18-10-9-16-14(15(18)7-8-17(18)21)6-4-12-3-5-13(20)11-19(12,16)2/h12,14-16H,3-11H2,1-2H3/t12-,14-,15+,16-,18+,19+/m1/s1. The topological polar surface area (TPSA) is 34.1 Å². The molecule has 0 aromatic carbocycles. The second-order valence-corrected chi connectivity index (χ2v) is 8.83. The van der Waals surface area contributed by atoms with Crippen LogP contribution in [0, 0.1) is 34.5 Å². The quantitative estimate of drug-likeness (QED) is 0.670. The molecule has 0 aliphatic heterocycles. The van der Waals surface area contributed by atoms with Gasteiger partial charge >= 0.3 is 0 Å². The van der Waals surface area contributed by atoms with E-state index in [0.29, 0.717) is 29.3 Å². The molecule has 2 heteroatoms. The molecule has 6 atom stereocenters. The summed E-state index contributed by atoms with van der Waals surface area (Å²) < 4.78 is 0. The van der Waals surface area contributed by atoms with E-state index >= 15 is 0 Å². The van der Waals surface area contributed by atoms with Crippen molar-refractivity contribution in [2.75, 3.05) is 0 Å². The van der Waals surface area contributed by atoms with Crippen LogP contribution >= 0.6 is 0 Å². The summed E-state index contributed by atoms with van der Waals surface area (Å²) in [5.74, 6) is 3.80. The Labute approximate surface area is 128 Å². The maximum atomic E-state index is 12.4. The van der Waals surface area contributed by atoms with E-state index < -0.39 is 0 Å². The molecule has 4 saturated carbocycles. The van der Waals surface area contributed by atoms with Crippen LogP contribution in [-0.2, 0) is 9.59 Å². The predicted molar refractivity (Wildman–Crippen MR) is 81.7 cm³/mol. The molecular formula is C19H28O2. The molecule has 0 saturated heterocycles. The van der Waals surface area contributed by atoms with Gasteiger partial charge in [-0.1, -0.05) is 13.8 Å². The Balaban J connectivity index is 1.67. The van der Waals surface area contributed by atoms with Gasteiger partial charge in [0, 0.05) is 24.7 Å². The molecular weight excluding hydrogens is 260 g/mol. The van der Waals surface area contributed by atoms with E-state index in [1.807, 2.05) is 0 Å². The minimum absolute atomic E-state index is 0.0248. The molecule has 0 heterocycles. The SMILES string of the molecule is C[C@]12CC(=O)CC[C@@H]1CC[C@H]1[C@H]2CC[C@]2(C)C(=O)CC[C@@H]12. The molecule has 4 aliphatic carbocycles. The zero-order chi connectivity index (χ0) is 14.8. The minimum atomic E-state index is -0.0248. The Kier molecular flexibility index (Phi) is 2.94. The van der Waals surface area contributed by atoms with Crippen LogP contribution in [-0.4, -0.2) is 11.6 Å². The molecule has 4 aliphatic rings. The first-order valence-corrected chi connectivity index (χ1v) is 9.00. The van der Waals surface area contributed by atoms with Gasteiger partial charge in [0.2, 0.25) is 0 Å². The average Bonchev–Trinajstić information content (AvgIpc) is 2.74. The number of hydrogen-bond donors (Lipinski definition) is 0. The first kappa shape index (κ1) is 14.0. The fourth-order valence-corrected chi connectivity index (χ4v) is 6.90. The summed E-state index contributed by atoms with van der Waals surface area (Å²) in [7, 11) is 0. The van der Waals surface area contributed by atoms with Gasteiger partial charge in [0.05, 0.1) is 0 Å². The van der Waals surface area contributed by atoms with Crippen molar-refractivity contribution < 1.29 is 9.59 Å². The molecule has 4 rings (SSSR count). The van der Waals surface area contributed by atoms with Crippen LogP contribution in [0.15, 0.2) is 0 Å². The lowest BCUT2D eigenvalue weighted by atomic mass is 9.45. The number of carbonyl (C=O) groups excluding carboxylic acids is 2. The lowest BCUT2D eigenvalue weighted by Crippen LogP contribution is -2.53. The summed E-state index contributed by atoms with van der Waals surface area (Å²) in [5.41, 5.74) is 0.217. The number of ketones is 2. The summed E-state index contributed by atoms with van der Waals surface area (Å²) in [6.45, 7) is 4.65. The fourth-order valence-electron chi connectivity index (χ4n) is 6.90. The molecule has 116 valence electrons. The smallest absolute Gasteiger partial charge is 0.139 e. The van der Waals surface area contributed by atoms with Crippen LogP contribution < -0.4 is 0 Å². The van der Waals surface area contributed by atoms with Crippen molar-refractivity contribution in [2.24, 2.45) is 34.5 Å². The van der Waals surface area contributed by atoms with Crippen molar-refractivity contribution in [3.8, 4) is 0 Å². The average molecular weight is 288 g/mol. The van der Waals surface area contributed by atoms with Gasteiger partial charge in [-0.2, -0.15) is 0 Å². The zero-order valence-electron chi connectivity index (χ0n) is 13.5. The van der Waals surface area contributed by atoms with Crippen LogP contribution in [0.25, 0.3) is 0 Å². The van der Waals surface area contributed by atoms with Gasteiger partial charge < -0.3 is 0 Å². The summed E-state index contributed by atoms with van der Waals surface area (Å²) in [5, 5.41) is 0. The largest absolute Gasteiger partial charge is 0.300 e. The zero-order valence-corrected chi connectivity index (χ0v) is 13.5. The van der Waals surface area contributed by atoms with Crippen molar-refractivity contribution >= 4 is 11.6 Å². The van der Waals surface area contributed by atoms with Crippen LogP contribution in [0.5, 0.6) is 0 Å². The molecule has 21 heavy (non-hydrogen) atoms. The summed E-state index contributed by atoms with van der Waals surface area (Å²) >= 11 is 0. The number of rotatable bonds is 0. The Bertz CT molecular complexity index is 496. The van der Waals surface area contributed by atoms with Gasteiger partial charge in [0.15, 0.2) is 0 Å². The number of hydrogen-bond acceptors (Lipinski definition) is 2. The van der Waals surface area contributed by atoms with Gasteiger partial charge in [-0.3, -0.25) is 9.59 Å². The highest BCUT2D eigenvalue weighted by Gasteiger charge is 2.60. The maximum Gasteiger partial charge on any atom is 0.139 e. The third kappa shape index (κ3) is 1.77. The molecule has 0 unspecified atom stereocenters. The summed E-state index contributed by atoms with van der Waals surface area (Å²) in [4.78, 5) is 24.5. The van der Waals surface area contributed by atoms with E-state index in [0.717, 1.165) is 44.4 Å². The molecule has 0 aromatic rings. The van der Waals surface area contributed by atoms with Crippen LogP contribution in [0.4, 0.5) is 0 Å². The Morgan fingerprint density at radius 3 is 2.52 bits per heavy atom. The van der Waals surface area contributed by atoms with E-state index in [1.165, 1.54) is 19.3 Å². The summed E-state index contributed by atoms with van der Waals surface area (Å²) in [6.07, 6.45) is 9.55. The normalized spacial score (nSPS) is 53.0. The van der Waals surface area contributed by atoms with Crippen molar-refractivity contribution in [1.29, 1.82) is 0 Å². The maximum absolute atomic E-state index is 12.4. The molecule has 0 aromatic heterocycles. The first-order valence-electron chi connectivity index (χ1n) is 9.00. The number of fused-ring (bicyclic) bond motifs is 5. The third-order valence-corrected chi connectivity index (χ3v) is 8.12. The molecule has 4 fully saturated rings. The lowest BCUT2D eigenvalue weighted by molar-refractivity contribution is -0.146. The van der Waals surface area contributed by atoms with Gasteiger partial charge in [-0.25, -0.2) is 0 Å². The highest BCUT2D eigenvalue weighted by molar-refractivity contribution is 5.87. The van der Waals surface area contributed by atoms with Crippen molar-refractivity contribution in [3.63, 3.8) is 0 Å². The molecule has 0 bridgehead atoms. The Morgan fingerprint density at radius 2 is 1.71 bits per heavy atom. The van der Waals surface area contributed by atoms with Crippen LogP contribution in [0.3, 0.4) is 0 Å². The van der Waals surface area contributed by atoms with E-state index in [2.05, 4.69) is 13.8 Å². The van der Waals surface area contributed by atoms with E-state index in [4.69, 9.17) is 0 Å². The van der Waals surface area contributed by atoms with Crippen molar-refractivity contribution in [3.05, 3.63) is 0 Å². The highest BCUT2D eigenvalue weighted by Crippen LogP contribution is 2.65. The van der Waals surface area contributed by atoms with Gasteiger partial charge in [-0.15, -0.1) is 0 Å². The van der Waals surface area contributed by atoms with Gasteiger partial charge in [0.1, 0.15) is 11.6 Å². The van der Waals surface area contributed by atoms with Crippen molar-refractivity contribution in [2.45, 2.75) is 71.6 Å².